The summed E-state index contributed by atoms with van der Waals surface area (Å²) < 4.78 is 86.1. The van der Waals surface area contributed by atoms with Gasteiger partial charge in [-0.2, -0.15) is 28.2 Å². The second kappa shape index (κ2) is 13.5. The summed E-state index contributed by atoms with van der Waals surface area (Å²) >= 11 is 12.9. The Bertz CT molecular complexity index is 2010. The van der Waals surface area contributed by atoms with Gasteiger partial charge in [-0.3, -0.25) is 14.4 Å². The molecule has 4 aliphatic heterocycles. The predicted octanol–water partition coefficient (Wildman–Crippen LogP) is 6.65. The van der Waals surface area contributed by atoms with Gasteiger partial charge < -0.3 is 25.0 Å². The first kappa shape index (κ1) is 36.3. The van der Waals surface area contributed by atoms with Gasteiger partial charge in [-0.15, -0.1) is 0 Å². The van der Waals surface area contributed by atoms with E-state index in [0.29, 0.717) is 67.1 Å². The number of carbonyl (C=O) groups excluding carboxylic acids is 1. The summed E-state index contributed by atoms with van der Waals surface area (Å²) in [7, 11) is 1.74. The second-order valence-electron chi connectivity index (χ2n) is 14.5. The third-order valence-electron chi connectivity index (χ3n) is 11.1. The molecule has 0 bridgehead atoms. The molecular weight excluding hydrogens is 746 g/mol. The molecular formula is C35H37Cl2F5N8O3. The van der Waals surface area contributed by atoms with Crippen molar-refractivity contribution in [3.05, 3.63) is 67.6 Å². The third kappa shape index (κ3) is 6.48. The quantitative estimate of drug-likeness (QED) is 0.208. The molecule has 11 nitrogen and oxygen atoms in total. The fourth-order valence-electron chi connectivity index (χ4n) is 8.24. The lowest BCUT2D eigenvalue weighted by Crippen LogP contribution is -2.43. The second-order valence-corrected chi connectivity index (χ2v) is 15.3. The molecule has 1 saturated carbocycles. The van der Waals surface area contributed by atoms with E-state index in [1.165, 1.54) is 0 Å². The number of nitrogens with two attached hydrogens (primary N) is 1. The first-order valence-corrected chi connectivity index (χ1v) is 18.3. The molecule has 8 rings (SSSR count). The molecule has 0 spiro atoms. The van der Waals surface area contributed by atoms with Crippen LogP contribution < -0.4 is 15.4 Å². The maximum atomic E-state index is 15.5. The summed E-state index contributed by atoms with van der Waals surface area (Å²) in [6.45, 7) is 2.30. The van der Waals surface area contributed by atoms with Crippen molar-refractivity contribution in [2.75, 3.05) is 43.9 Å². The topological polar surface area (TPSA) is 115 Å². The summed E-state index contributed by atoms with van der Waals surface area (Å²) in [6.07, 6.45) is -1.45. The van der Waals surface area contributed by atoms with Crippen LogP contribution in [0.5, 0.6) is 6.01 Å². The highest BCUT2D eigenvalue weighted by atomic mass is 35.5. The summed E-state index contributed by atoms with van der Waals surface area (Å²) in [5.74, 6) is -1.13. The van der Waals surface area contributed by atoms with Crippen LogP contribution in [0.4, 0.5) is 33.5 Å². The minimum absolute atomic E-state index is 0.0359. The van der Waals surface area contributed by atoms with Crippen molar-refractivity contribution in [2.24, 2.45) is 0 Å². The molecule has 2 saturated heterocycles. The van der Waals surface area contributed by atoms with Gasteiger partial charge in [0.15, 0.2) is 11.5 Å². The molecule has 0 unspecified atom stereocenters. The number of carbonyl (C=O) groups is 1. The summed E-state index contributed by atoms with van der Waals surface area (Å²) in [4.78, 5) is 28.6. The van der Waals surface area contributed by atoms with Gasteiger partial charge in [-0.1, -0.05) is 23.2 Å². The van der Waals surface area contributed by atoms with Gasteiger partial charge in [0.25, 0.3) is 5.91 Å². The molecule has 0 radical (unpaired) electrons. The average molecular weight is 784 g/mol. The van der Waals surface area contributed by atoms with Crippen LogP contribution in [0.3, 0.4) is 0 Å². The Morgan fingerprint density at radius 3 is 2.72 bits per heavy atom. The zero-order valence-electron chi connectivity index (χ0n) is 28.8. The molecule has 3 aromatic rings. The number of amides is 1. The molecule has 53 heavy (non-hydrogen) atoms. The van der Waals surface area contributed by atoms with Crippen molar-refractivity contribution in [3.8, 4) is 6.01 Å². The minimum Gasteiger partial charge on any atom is -0.461 e. The molecule has 1 aromatic carbocycles. The number of benzene rings is 1. The number of anilines is 2. The Balaban J connectivity index is 1.17. The van der Waals surface area contributed by atoms with Crippen molar-refractivity contribution in [2.45, 2.75) is 88.5 Å². The summed E-state index contributed by atoms with van der Waals surface area (Å²) in [5.41, 5.74) is 4.81. The van der Waals surface area contributed by atoms with E-state index in [1.54, 1.807) is 16.6 Å². The summed E-state index contributed by atoms with van der Waals surface area (Å²) in [6, 6.07) is 0.865. The SMILES string of the molecule is CN(C(=O)c1nn2c(c1Cl)CN(c1nc(OC[C@@]34CCCN3C/C(=C\F)C4)nc3c1CO[C@H](c1c(F)c(N)cc(Cl)c1C(F)(F)F)C3)CCC2)C1CC1. The maximum Gasteiger partial charge on any atom is 0.418 e. The number of ether oxygens (including phenoxy) is 2. The highest BCUT2D eigenvalue weighted by molar-refractivity contribution is 6.34. The van der Waals surface area contributed by atoms with Gasteiger partial charge in [0.1, 0.15) is 12.4 Å². The number of hydrogen-bond acceptors (Lipinski definition) is 9. The molecule has 5 aliphatic rings. The smallest absolute Gasteiger partial charge is 0.418 e. The average Bonchev–Trinajstić information content (AvgIpc) is 3.78. The normalized spacial score (nSPS) is 23.9. The molecule has 2 N–H and O–H groups in total. The molecule has 1 aliphatic carbocycles. The van der Waals surface area contributed by atoms with Gasteiger partial charge >= 0.3 is 12.2 Å². The number of fused-ring (bicyclic) bond motifs is 3. The van der Waals surface area contributed by atoms with Gasteiger partial charge in [-0.05, 0) is 56.7 Å². The van der Waals surface area contributed by atoms with Crippen LogP contribution in [-0.2, 0) is 37.0 Å². The molecule has 284 valence electrons. The molecule has 1 amide bonds. The lowest BCUT2D eigenvalue weighted by atomic mass is 9.93. The van der Waals surface area contributed by atoms with E-state index in [0.717, 1.165) is 38.3 Å². The Hall–Kier alpha value is -3.73. The zero-order valence-corrected chi connectivity index (χ0v) is 30.3. The number of aryl methyl sites for hydroxylation is 1. The van der Waals surface area contributed by atoms with Crippen LogP contribution in [0.15, 0.2) is 18.0 Å². The van der Waals surface area contributed by atoms with Crippen molar-refractivity contribution >= 4 is 40.6 Å². The number of rotatable bonds is 7. The Morgan fingerprint density at radius 1 is 1.19 bits per heavy atom. The number of aromatic nitrogens is 4. The highest BCUT2D eigenvalue weighted by Gasteiger charge is 2.48. The lowest BCUT2D eigenvalue weighted by Gasteiger charge is -2.33. The summed E-state index contributed by atoms with van der Waals surface area (Å²) in [5, 5.41) is 4.07. The van der Waals surface area contributed by atoms with E-state index in [2.05, 4.69) is 15.0 Å². The number of hydrogen-bond donors (Lipinski definition) is 1. The Kier molecular flexibility index (Phi) is 9.26. The third-order valence-corrected chi connectivity index (χ3v) is 11.8. The number of halogens is 7. The van der Waals surface area contributed by atoms with Crippen LogP contribution in [-0.4, -0.2) is 80.3 Å². The number of alkyl halides is 3. The van der Waals surface area contributed by atoms with Crippen LogP contribution in [0.2, 0.25) is 10.0 Å². The molecule has 6 heterocycles. The fraction of sp³-hybridized carbons (Fsp3) is 0.543. The molecule has 3 fully saturated rings. The van der Waals surface area contributed by atoms with Crippen LogP contribution >= 0.6 is 23.2 Å². The predicted molar refractivity (Wildman–Crippen MR) is 185 cm³/mol. The first-order chi connectivity index (χ1) is 25.3. The van der Waals surface area contributed by atoms with E-state index in [9.17, 15) is 22.4 Å². The lowest BCUT2D eigenvalue weighted by molar-refractivity contribution is -0.140. The first-order valence-electron chi connectivity index (χ1n) is 17.6. The standard InChI is InChI=1S/C35H37Cl2F5N8O3/c1-47(19-4-5-19)32(51)30-28(37)24-15-48(7-3-9-50(24)46-30)31-20-16-52-25(26-27(35(40,41)42)21(36)10-22(43)29(26)39)11-23(20)44-33(45-31)53-17-34-6-2-8-49(34)14-18(12-34)13-38/h10,13,19,25H,2-9,11-12,14-17,43H2,1H3/b18-13-/t25-,34-/m0/s1. The fourth-order valence-corrected chi connectivity index (χ4v) is 8.85. The van der Waals surface area contributed by atoms with Crippen molar-refractivity contribution in [3.63, 3.8) is 0 Å². The van der Waals surface area contributed by atoms with Gasteiger partial charge in [0, 0.05) is 50.3 Å². The van der Waals surface area contributed by atoms with Gasteiger partial charge in [0.05, 0.1) is 63.8 Å². The van der Waals surface area contributed by atoms with Crippen LogP contribution in [0.25, 0.3) is 0 Å². The number of nitrogens with zero attached hydrogens (tertiary/aromatic N) is 7. The maximum absolute atomic E-state index is 15.5. The van der Waals surface area contributed by atoms with Crippen LogP contribution in [0, 0.1) is 5.82 Å². The molecule has 2 atom stereocenters. The highest BCUT2D eigenvalue weighted by Crippen LogP contribution is 2.47. The largest absolute Gasteiger partial charge is 0.461 e. The minimum atomic E-state index is -5.00. The van der Waals surface area contributed by atoms with Crippen LogP contribution in [0.1, 0.15) is 83.2 Å². The molecule has 18 heteroatoms. The van der Waals surface area contributed by atoms with Gasteiger partial charge in [0.2, 0.25) is 0 Å². The van der Waals surface area contributed by atoms with E-state index in [-0.39, 0.29) is 54.9 Å². The van der Waals surface area contributed by atoms with E-state index in [1.807, 2.05) is 4.90 Å². The van der Waals surface area contributed by atoms with Crippen molar-refractivity contribution in [1.82, 2.24) is 29.5 Å². The van der Waals surface area contributed by atoms with E-state index < -0.39 is 45.5 Å². The Labute approximate surface area is 311 Å². The Morgan fingerprint density at radius 2 is 1.98 bits per heavy atom. The van der Waals surface area contributed by atoms with E-state index >= 15 is 4.39 Å². The molecule has 2 aromatic heterocycles. The zero-order chi connectivity index (χ0) is 37.4. The monoisotopic (exact) mass is 782 g/mol. The van der Waals surface area contributed by atoms with E-state index in [4.69, 9.17) is 43.4 Å². The van der Waals surface area contributed by atoms with Crippen molar-refractivity contribution in [1.29, 1.82) is 0 Å². The van der Waals surface area contributed by atoms with Gasteiger partial charge in [-0.25, -0.2) is 8.78 Å². The number of nitrogen functional groups attached to an aromatic ring is 1. The van der Waals surface area contributed by atoms with Crippen molar-refractivity contribution < 1.29 is 36.2 Å².